The number of hydrazone groups is 2. The molecule has 0 atom stereocenters. The number of benzene rings is 4. The molecule has 0 amide bonds. The lowest BCUT2D eigenvalue weighted by Gasteiger charge is -2.16. The zero-order valence-electron chi connectivity index (χ0n) is 27.8. The van der Waals surface area contributed by atoms with Gasteiger partial charge in [0.1, 0.15) is 0 Å². The van der Waals surface area contributed by atoms with Gasteiger partial charge in [-0.1, -0.05) is 72.8 Å². The Balaban J connectivity index is 1.54. The average molecular weight is 712 g/mol. The summed E-state index contributed by atoms with van der Waals surface area (Å²) in [5.41, 5.74) is 11.3. The molecule has 1 heterocycles. The van der Waals surface area contributed by atoms with Gasteiger partial charge in [-0.15, -0.1) is 0 Å². The standard InChI is InChI=1S/C35H37N9O4S2/c1-24(27-15-19-30(20-16-27)49(45,46)36-3)41-43-33-32(23-26-11-7-5-8-12-26)34(40-35(39-33)38-29-13-9-6-10-14-29)44-42-25(2)28-17-21-31(22-18-28)50(47,48)37-4/h5-22,36-37H,23H2,1-4H3,(H3,38,39,40,43,44). The van der Waals surface area contributed by atoms with Crippen LogP contribution in [0.5, 0.6) is 0 Å². The SMILES string of the molecule is CNS(=O)(=O)c1ccc(C(C)=NNc2nc(Nc3ccccc3)nc(NN=C(C)c3ccc(S(=O)(=O)NC)cc3)c2Cc2ccccc2)cc1. The highest BCUT2D eigenvalue weighted by atomic mass is 32.2. The summed E-state index contributed by atoms with van der Waals surface area (Å²) in [4.78, 5) is 9.88. The van der Waals surface area contributed by atoms with Crippen LogP contribution in [0.4, 0.5) is 23.3 Å². The third-order valence-electron chi connectivity index (χ3n) is 7.62. The number of nitrogens with zero attached hydrogens (tertiary/aromatic N) is 4. The van der Waals surface area contributed by atoms with Crippen molar-refractivity contribution < 1.29 is 16.8 Å². The Bertz CT molecular complexity index is 2100. The Kier molecular flexibility index (Phi) is 11.3. The van der Waals surface area contributed by atoms with Gasteiger partial charge in [0, 0.05) is 17.7 Å². The lowest BCUT2D eigenvalue weighted by atomic mass is 10.1. The van der Waals surface area contributed by atoms with E-state index in [0.29, 0.717) is 46.2 Å². The normalized spacial score (nSPS) is 12.4. The average Bonchev–Trinajstić information content (AvgIpc) is 3.14. The van der Waals surface area contributed by atoms with Crippen LogP contribution >= 0.6 is 0 Å². The Morgan fingerprint density at radius 2 is 1.02 bits per heavy atom. The van der Waals surface area contributed by atoms with Crippen LogP contribution in [0, 0.1) is 0 Å². The van der Waals surface area contributed by atoms with Gasteiger partial charge in [0.15, 0.2) is 11.6 Å². The van der Waals surface area contributed by atoms with Crippen molar-refractivity contribution in [2.75, 3.05) is 30.3 Å². The second-order valence-electron chi connectivity index (χ2n) is 11.0. The fourth-order valence-electron chi connectivity index (χ4n) is 4.73. The van der Waals surface area contributed by atoms with Gasteiger partial charge in [-0.3, -0.25) is 10.9 Å². The number of anilines is 4. The summed E-state index contributed by atoms with van der Waals surface area (Å²) in [6.07, 6.45) is 0.424. The molecule has 4 aromatic carbocycles. The fourth-order valence-corrected chi connectivity index (χ4v) is 6.19. The quantitative estimate of drug-likeness (QED) is 0.0755. The first-order valence-corrected chi connectivity index (χ1v) is 18.4. The molecule has 5 aromatic rings. The van der Waals surface area contributed by atoms with Crippen LogP contribution in [-0.2, 0) is 26.5 Å². The first-order chi connectivity index (χ1) is 24.0. The maximum Gasteiger partial charge on any atom is 0.240 e. The van der Waals surface area contributed by atoms with E-state index in [1.807, 2.05) is 60.7 Å². The number of hydrogen-bond donors (Lipinski definition) is 5. The summed E-state index contributed by atoms with van der Waals surface area (Å²) >= 11 is 0. The minimum atomic E-state index is -3.58. The zero-order valence-corrected chi connectivity index (χ0v) is 29.5. The van der Waals surface area contributed by atoms with Crippen LogP contribution in [-0.4, -0.2) is 52.3 Å². The first-order valence-electron chi connectivity index (χ1n) is 15.4. The third-order valence-corrected chi connectivity index (χ3v) is 10.5. The zero-order chi connectivity index (χ0) is 35.7. The minimum Gasteiger partial charge on any atom is -0.324 e. The molecular formula is C35H37N9O4S2. The van der Waals surface area contributed by atoms with Crippen LogP contribution < -0.4 is 25.6 Å². The summed E-state index contributed by atoms with van der Waals surface area (Å²) in [6.45, 7) is 3.60. The molecule has 0 fully saturated rings. The van der Waals surface area contributed by atoms with Crippen LogP contribution in [0.25, 0.3) is 0 Å². The van der Waals surface area contributed by atoms with Crippen molar-refractivity contribution >= 4 is 54.7 Å². The summed E-state index contributed by atoms with van der Waals surface area (Å²) in [6, 6.07) is 32.1. The van der Waals surface area contributed by atoms with E-state index < -0.39 is 20.0 Å². The van der Waals surface area contributed by atoms with Crippen molar-refractivity contribution in [2.45, 2.75) is 30.1 Å². The molecule has 50 heavy (non-hydrogen) atoms. The number of nitrogens with one attached hydrogen (secondary N) is 5. The molecular weight excluding hydrogens is 675 g/mol. The highest BCUT2D eigenvalue weighted by molar-refractivity contribution is 7.89. The Labute approximate surface area is 292 Å². The molecule has 13 nitrogen and oxygen atoms in total. The number of para-hydroxylation sites is 1. The molecule has 0 bridgehead atoms. The van der Waals surface area contributed by atoms with Crippen LogP contribution in [0.1, 0.15) is 36.1 Å². The summed E-state index contributed by atoms with van der Waals surface area (Å²) in [7, 11) is -4.43. The van der Waals surface area contributed by atoms with Crippen LogP contribution in [0.15, 0.2) is 129 Å². The van der Waals surface area contributed by atoms with E-state index in [9.17, 15) is 16.8 Å². The second kappa shape index (κ2) is 15.8. The van der Waals surface area contributed by atoms with Gasteiger partial charge in [0.25, 0.3) is 0 Å². The van der Waals surface area contributed by atoms with Gasteiger partial charge in [0.2, 0.25) is 26.0 Å². The van der Waals surface area contributed by atoms with Gasteiger partial charge in [-0.25, -0.2) is 26.3 Å². The van der Waals surface area contributed by atoms with Gasteiger partial charge in [-0.05, 0) is 81.0 Å². The lowest BCUT2D eigenvalue weighted by Crippen LogP contribution is -2.18. The number of rotatable bonds is 14. The first kappa shape index (κ1) is 35.8. The van der Waals surface area contributed by atoms with E-state index in [1.165, 1.54) is 38.4 Å². The van der Waals surface area contributed by atoms with Gasteiger partial charge >= 0.3 is 0 Å². The van der Waals surface area contributed by atoms with E-state index in [0.717, 1.165) is 11.3 Å². The second-order valence-corrected chi connectivity index (χ2v) is 14.7. The molecule has 0 unspecified atom stereocenters. The molecule has 15 heteroatoms. The molecule has 258 valence electrons. The topological polar surface area (TPSA) is 179 Å². The monoisotopic (exact) mass is 711 g/mol. The smallest absolute Gasteiger partial charge is 0.240 e. The van der Waals surface area contributed by atoms with Crippen LogP contribution in [0.2, 0.25) is 0 Å². The Morgan fingerprint density at radius 1 is 0.600 bits per heavy atom. The van der Waals surface area contributed by atoms with E-state index in [4.69, 9.17) is 9.97 Å². The van der Waals surface area contributed by atoms with Gasteiger partial charge in [-0.2, -0.15) is 20.2 Å². The Morgan fingerprint density at radius 3 is 1.44 bits per heavy atom. The van der Waals surface area contributed by atoms with Gasteiger partial charge < -0.3 is 5.32 Å². The number of hydrogen-bond acceptors (Lipinski definition) is 11. The number of aromatic nitrogens is 2. The highest BCUT2D eigenvalue weighted by Crippen LogP contribution is 2.28. The highest BCUT2D eigenvalue weighted by Gasteiger charge is 2.17. The molecule has 5 rings (SSSR count). The van der Waals surface area contributed by atoms with Gasteiger partial charge in [0.05, 0.1) is 21.2 Å². The molecule has 0 aliphatic carbocycles. The maximum absolute atomic E-state index is 12.2. The van der Waals surface area contributed by atoms with Crippen molar-refractivity contribution in [3.63, 3.8) is 0 Å². The summed E-state index contributed by atoms with van der Waals surface area (Å²) < 4.78 is 53.4. The molecule has 1 aromatic heterocycles. The Hall–Kier alpha value is -5.48. The lowest BCUT2D eigenvalue weighted by molar-refractivity contribution is 0.586. The number of sulfonamides is 2. The molecule has 0 saturated carbocycles. The molecule has 0 saturated heterocycles. The summed E-state index contributed by atoms with van der Waals surface area (Å²) in [5, 5.41) is 12.5. The van der Waals surface area contributed by atoms with Crippen molar-refractivity contribution in [2.24, 2.45) is 10.2 Å². The van der Waals surface area contributed by atoms with Crippen molar-refractivity contribution in [3.8, 4) is 0 Å². The third kappa shape index (κ3) is 8.95. The van der Waals surface area contributed by atoms with Crippen LogP contribution in [0.3, 0.4) is 0 Å². The van der Waals surface area contributed by atoms with E-state index in [-0.39, 0.29) is 15.7 Å². The predicted octanol–water partition coefficient (Wildman–Crippen LogP) is 5.30. The summed E-state index contributed by atoms with van der Waals surface area (Å²) in [5.74, 6) is 1.10. The van der Waals surface area contributed by atoms with Crippen molar-refractivity contribution in [3.05, 3.63) is 131 Å². The molecule has 0 aliphatic heterocycles. The maximum atomic E-state index is 12.2. The van der Waals surface area contributed by atoms with E-state index in [2.05, 4.69) is 35.8 Å². The van der Waals surface area contributed by atoms with E-state index >= 15 is 0 Å². The minimum absolute atomic E-state index is 0.146. The largest absolute Gasteiger partial charge is 0.324 e. The van der Waals surface area contributed by atoms with Crippen molar-refractivity contribution in [1.82, 2.24) is 19.4 Å². The molecule has 0 radical (unpaired) electrons. The molecule has 0 aliphatic rings. The van der Waals surface area contributed by atoms with Crippen molar-refractivity contribution in [1.29, 1.82) is 0 Å². The van der Waals surface area contributed by atoms with E-state index in [1.54, 1.807) is 38.1 Å². The predicted molar refractivity (Wildman–Crippen MR) is 198 cm³/mol. The molecule has 0 spiro atoms. The molecule has 5 N–H and O–H groups in total. The fraction of sp³-hybridized carbons (Fsp3) is 0.143.